The zero-order chi connectivity index (χ0) is 14.6. The van der Waals surface area contributed by atoms with Crippen LogP contribution >= 0.6 is 11.5 Å². The molecular formula is C12H14N2O4S2. The van der Waals surface area contributed by atoms with Crippen LogP contribution in [0.3, 0.4) is 0 Å². The summed E-state index contributed by atoms with van der Waals surface area (Å²) in [6.45, 7) is 0.421. The van der Waals surface area contributed by atoms with Gasteiger partial charge in [-0.1, -0.05) is 12.1 Å². The van der Waals surface area contributed by atoms with Crippen molar-refractivity contribution in [3.63, 3.8) is 0 Å². The molecule has 108 valence electrons. The maximum absolute atomic E-state index is 12.2. The summed E-state index contributed by atoms with van der Waals surface area (Å²) in [6.07, 6.45) is 0. The summed E-state index contributed by atoms with van der Waals surface area (Å²) >= 11 is 0.865. The van der Waals surface area contributed by atoms with Crippen LogP contribution in [0.1, 0.15) is 5.56 Å². The first-order valence-electron chi connectivity index (χ1n) is 5.66. The van der Waals surface area contributed by atoms with Crippen LogP contribution in [-0.2, 0) is 21.4 Å². The fourth-order valence-electron chi connectivity index (χ4n) is 1.56. The number of methoxy groups -OCH3 is 2. The van der Waals surface area contributed by atoms with Crippen molar-refractivity contribution in [3.05, 3.63) is 35.9 Å². The first-order valence-corrected chi connectivity index (χ1v) is 7.92. The van der Waals surface area contributed by atoms with Crippen molar-refractivity contribution in [2.24, 2.45) is 0 Å². The maximum Gasteiger partial charge on any atom is 0.273 e. The highest BCUT2D eigenvalue weighted by molar-refractivity contribution is 7.94. The van der Waals surface area contributed by atoms with Crippen molar-refractivity contribution >= 4 is 27.2 Å². The standard InChI is InChI=1S/C12H14N2O4S2/c1-17-8-9-4-3-5-10(6-9)14-20(15,16)12-7-11(18-2)13-19-12/h3-7,14H,8H2,1-2H3. The van der Waals surface area contributed by atoms with Gasteiger partial charge in [-0.05, 0) is 29.2 Å². The van der Waals surface area contributed by atoms with Crippen molar-refractivity contribution in [1.82, 2.24) is 4.37 Å². The third kappa shape index (κ3) is 3.47. The number of aromatic nitrogens is 1. The summed E-state index contributed by atoms with van der Waals surface area (Å²) in [6, 6.07) is 8.40. The number of hydrogen-bond acceptors (Lipinski definition) is 6. The fourth-order valence-corrected chi connectivity index (χ4v) is 3.45. The van der Waals surface area contributed by atoms with Crippen molar-refractivity contribution in [2.45, 2.75) is 10.8 Å². The predicted molar refractivity (Wildman–Crippen MR) is 76.6 cm³/mol. The van der Waals surface area contributed by atoms with Gasteiger partial charge < -0.3 is 9.47 Å². The van der Waals surface area contributed by atoms with Crippen molar-refractivity contribution in [2.75, 3.05) is 18.9 Å². The summed E-state index contributed by atoms with van der Waals surface area (Å²) in [7, 11) is -0.628. The van der Waals surface area contributed by atoms with E-state index < -0.39 is 10.0 Å². The maximum atomic E-state index is 12.2. The molecule has 0 bridgehead atoms. The summed E-state index contributed by atoms with van der Waals surface area (Å²) in [5.41, 5.74) is 1.36. The highest BCUT2D eigenvalue weighted by atomic mass is 32.2. The molecule has 1 aromatic carbocycles. The van der Waals surface area contributed by atoms with E-state index in [4.69, 9.17) is 9.47 Å². The third-order valence-corrected chi connectivity index (χ3v) is 5.03. The molecule has 6 nitrogen and oxygen atoms in total. The number of hydrogen-bond donors (Lipinski definition) is 1. The smallest absolute Gasteiger partial charge is 0.273 e. The quantitative estimate of drug-likeness (QED) is 0.883. The van der Waals surface area contributed by atoms with Crippen molar-refractivity contribution < 1.29 is 17.9 Å². The van der Waals surface area contributed by atoms with Gasteiger partial charge in [-0.25, -0.2) is 8.42 Å². The van der Waals surface area contributed by atoms with Gasteiger partial charge in [0.25, 0.3) is 10.0 Å². The zero-order valence-electron chi connectivity index (χ0n) is 11.0. The minimum absolute atomic E-state index is 0.103. The van der Waals surface area contributed by atoms with Crippen LogP contribution in [0, 0.1) is 0 Å². The van der Waals surface area contributed by atoms with E-state index in [2.05, 4.69) is 9.10 Å². The van der Waals surface area contributed by atoms with Crippen LogP contribution in [-0.4, -0.2) is 27.0 Å². The molecule has 0 fully saturated rings. The Kier molecular flexibility index (Phi) is 4.58. The summed E-state index contributed by atoms with van der Waals surface area (Å²) < 4.78 is 40.7. The van der Waals surface area contributed by atoms with Gasteiger partial charge >= 0.3 is 0 Å². The molecule has 8 heteroatoms. The van der Waals surface area contributed by atoms with Gasteiger partial charge in [0.2, 0.25) is 5.88 Å². The molecule has 0 saturated carbocycles. The van der Waals surface area contributed by atoms with Gasteiger partial charge in [0.05, 0.1) is 13.7 Å². The van der Waals surface area contributed by atoms with Gasteiger partial charge in [-0.15, -0.1) is 0 Å². The Morgan fingerprint density at radius 2 is 2.10 bits per heavy atom. The van der Waals surface area contributed by atoms with E-state index in [0.29, 0.717) is 12.3 Å². The topological polar surface area (TPSA) is 77.5 Å². The van der Waals surface area contributed by atoms with E-state index in [1.807, 2.05) is 6.07 Å². The van der Waals surface area contributed by atoms with Gasteiger partial charge in [0.15, 0.2) is 4.21 Å². The van der Waals surface area contributed by atoms with Crippen molar-refractivity contribution in [1.29, 1.82) is 0 Å². The third-order valence-electron chi connectivity index (χ3n) is 2.43. The Morgan fingerprint density at radius 3 is 2.75 bits per heavy atom. The number of anilines is 1. The van der Waals surface area contributed by atoms with Gasteiger partial charge in [0, 0.05) is 18.9 Å². The van der Waals surface area contributed by atoms with E-state index in [9.17, 15) is 8.42 Å². The van der Waals surface area contributed by atoms with Crippen molar-refractivity contribution in [3.8, 4) is 5.88 Å². The highest BCUT2D eigenvalue weighted by Crippen LogP contribution is 2.24. The minimum atomic E-state index is -3.65. The molecule has 0 amide bonds. The average molecular weight is 314 g/mol. The molecule has 0 spiro atoms. The molecule has 0 aliphatic heterocycles. The van der Waals surface area contributed by atoms with Crippen LogP contribution in [0.25, 0.3) is 0 Å². The number of benzene rings is 1. The van der Waals surface area contributed by atoms with Gasteiger partial charge in [-0.2, -0.15) is 4.37 Å². The lowest BCUT2D eigenvalue weighted by atomic mass is 10.2. The number of sulfonamides is 1. The van der Waals surface area contributed by atoms with Crippen LogP contribution in [0.2, 0.25) is 0 Å². The second kappa shape index (κ2) is 6.21. The molecule has 0 unspecified atom stereocenters. The largest absolute Gasteiger partial charge is 0.480 e. The molecule has 0 saturated heterocycles. The first-order chi connectivity index (χ1) is 9.55. The molecule has 2 rings (SSSR count). The van der Waals surface area contributed by atoms with Crippen LogP contribution in [0.4, 0.5) is 5.69 Å². The van der Waals surface area contributed by atoms with E-state index >= 15 is 0 Å². The molecule has 1 N–H and O–H groups in total. The van der Waals surface area contributed by atoms with E-state index in [0.717, 1.165) is 17.1 Å². The van der Waals surface area contributed by atoms with E-state index in [1.54, 1.807) is 25.3 Å². The van der Waals surface area contributed by atoms with E-state index in [1.165, 1.54) is 13.2 Å². The number of nitrogens with one attached hydrogen (secondary N) is 1. The minimum Gasteiger partial charge on any atom is -0.480 e. The Hall–Kier alpha value is -1.64. The molecule has 0 atom stereocenters. The van der Waals surface area contributed by atoms with Crippen LogP contribution in [0.15, 0.2) is 34.5 Å². The molecule has 0 radical (unpaired) electrons. The molecule has 0 aliphatic rings. The first kappa shape index (κ1) is 14.8. The zero-order valence-corrected chi connectivity index (χ0v) is 12.6. The highest BCUT2D eigenvalue weighted by Gasteiger charge is 2.18. The predicted octanol–water partition coefficient (Wildman–Crippen LogP) is 2.10. The number of ether oxygens (including phenoxy) is 2. The van der Waals surface area contributed by atoms with Crippen LogP contribution in [0.5, 0.6) is 5.88 Å². The number of nitrogens with zero attached hydrogens (tertiary/aromatic N) is 1. The van der Waals surface area contributed by atoms with E-state index in [-0.39, 0.29) is 10.1 Å². The molecule has 20 heavy (non-hydrogen) atoms. The summed E-state index contributed by atoms with van der Waals surface area (Å²) in [4.78, 5) is 0. The molecule has 0 aliphatic carbocycles. The SMILES string of the molecule is COCc1cccc(NS(=O)(=O)c2cc(OC)ns2)c1. The monoisotopic (exact) mass is 314 g/mol. The summed E-state index contributed by atoms with van der Waals surface area (Å²) in [5, 5.41) is 0. The van der Waals surface area contributed by atoms with Gasteiger partial charge in [-0.3, -0.25) is 4.72 Å². The fraction of sp³-hybridized carbons (Fsp3) is 0.250. The lowest BCUT2D eigenvalue weighted by Gasteiger charge is -2.07. The Bertz CT molecular complexity index is 682. The lowest BCUT2D eigenvalue weighted by molar-refractivity contribution is 0.185. The number of rotatable bonds is 6. The normalized spacial score (nSPS) is 11.3. The lowest BCUT2D eigenvalue weighted by Crippen LogP contribution is -2.11. The Morgan fingerprint density at radius 1 is 1.30 bits per heavy atom. The molecule has 1 heterocycles. The second-order valence-corrected chi connectivity index (χ2v) is 6.64. The second-order valence-electron chi connectivity index (χ2n) is 3.93. The average Bonchev–Trinajstić information content (AvgIpc) is 2.88. The summed E-state index contributed by atoms with van der Waals surface area (Å²) in [5.74, 6) is 0.281. The molecule has 2 aromatic rings. The van der Waals surface area contributed by atoms with Crippen LogP contribution < -0.4 is 9.46 Å². The molecule has 1 aromatic heterocycles. The molecular weight excluding hydrogens is 300 g/mol. The Labute approximate surface area is 121 Å². The Balaban J connectivity index is 2.21. The van der Waals surface area contributed by atoms with Gasteiger partial charge in [0.1, 0.15) is 0 Å².